The van der Waals surface area contributed by atoms with Gasteiger partial charge in [0.1, 0.15) is 5.69 Å². The largest absolute Gasteiger partial charge is 0.334 e. The third-order valence-corrected chi connectivity index (χ3v) is 3.74. The molecule has 2 aromatic heterocycles. The van der Waals surface area contributed by atoms with Crippen LogP contribution in [0.5, 0.6) is 0 Å². The van der Waals surface area contributed by atoms with Crippen LogP contribution < -0.4 is 0 Å². The van der Waals surface area contributed by atoms with Crippen LogP contribution in [0.3, 0.4) is 0 Å². The van der Waals surface area contributed by atoms with Crippen LogP contribution in [-0.4, -0.2) is 32.5 Å². The highest BCUT2D eigenvalue weighted by molar-refractivity contribution is 5.74. The minimum atomic E-state index is 0.104. The summed E-state index contributed by atoms with van der Waals surface area (Å²) >= 11 is 0. The van der Waals surface area contributed by atoms with Gasteiger partial charge in [-0.2, -0.15) is 5.10 Å². The first-order chi connectivity index (χ1) is 9.65. The Bertz CT molecular complexity index is 634. The molecule has 5 heteroatoms. The van der Waals surface area contributed by atoms with Crippen molar-refractivity contribution in [2.45, 2.75) is 32.7 Å². The molecule has 0 aromatic carbocycles. The van der Waals surface area contributed by atoms with Crippen molar-refractivity contribution in [1.82, 2.24) is 20.1 Å². The van der Waals surface area contributed by atoms with Gasteiger partial charge in [0.2, 0.25) is 5.91 Å². The van der Waals surface area contributed by atoms with Gasteiger partial charge in [-0.05, 0) is 38.0 Å². The maximum atomic E-state index is 11.7. The molecule has 20 heavy (non-hydrogen) atoms. The van der Waals surface area contributed by atoms with Gasteiger partial charge in [-0.1, -0.05) is 6.07 Å². The Morgan fingerprint density at radius 1 is 1.40 bits per heavy atom. The highest BCUT2D eigenvalue weighted by Crippen LogP contribution is 2.31. The lowest BCUT2D eigenvalue weighted by Gasteiger charge is -2.23. The summed E-state index contributed by atoms with van der Waals surface area (Å²) in [6.07, 6.45) is 2.02. The summed E-state index contributed by atoms with van der Waals surface area (Å²) in [5.74, 6) is 0.121. The normalized spacial score (nSPS) is 18.5. The number of likely N-dealkylation sites (tertiary alicyclic amines) is 1. The van der Waals surface area contributed by atoms with Crippen LogP contribution >= 0.6 is 0 Å². The number of aromatic nitrogens is 3. The number of carbonyl (C=O) groups excluding carboxylic acids is 1. The highest BCUT2D eigenvalue weighted by Gasteiger charge is 2.28. The molecule has 104 valence electrons. The highest BCUT2D eigenvalue weighted by atomic mass is 16.2. The molecule has 1 saturated heterocycles. The molecule has 0 unspecified atom stereocenters. The number of nitrogens with zero attached hydrogens (tertiary/aromatic N) is 3. The molecule has 3 heterocycles. The molecule has 1 fully saturated rings. The molecule has 2 aromatic rings. The summed E-state index contributed by atoms with van der Waals surface area (Å²) in [4.78, 5) is 18.3. The van der Waals surface area contributed by atoms with Crippen LogP contribution in [0.4, 0.5) is 0 Å². The van der Waals surface area contributed by atoms with Crippen molar-refractivity contribution in [1.29, 1.82) is 0 Å². The van der Waals surface area contributed by atoms with E-state index in [1.165, 1.54) is 0 Å². The van der Waals surface area contributed by atoms with E-state index in [4.69, 9.17) is 4.98 Å². The quantitative estimate of drug-likeness (QED) is 0.911. The molecule has 3 rings (SSSR count). The second-order valence-electron chi connectivity index (χ2n) is 5.25. The van der Waals surface area contributed by atoms with E-state index in [0.29, 0.717) is 0 Å². The van der Waals surface area contributed by atoms with Gasteiger partial charge in [0.15, 0.2) is 0 Å². The maximum absolute atomic E-state index is 11.7. The fourth-order valence-electron chi connectivity index (χ4n) is 2.78. The Labute approximate surface area is 118 Å². The number of rotatable bonds is 2. The minimum Gasteiger partial charge on any atom is -0.334 e. The third kappa shape index (κ3) is 2.31. The van der Waals surface area contributed by atoms with Gasteiger partial charge in [0.05, 0.1) is 17.4 Å². The maximum Gasteiger partial charge on any atom is 0.220 e. The summed E-state index contributed by atoms with van der Waals surface area (Å²) in [5, 5.41) is 7.17. The molecule has 0 bridgehead atoms. The topological polar surface area (TPSA) is 61.9 Å². The van der Waals surface area contributed by atoms with Gasteiger partial charge < -0.3 is 4.90 Å². The van der Waals surface area contributed by atoms with E-state index in [-0.39, 0.29) is 11.9 Å². The van der Waals surface area contributed by atoms with E-state index < -0.39 is 0 Å². The number of carbonyl (C=O) groups is 1. The Hall–Kier alpha value is -2.17. The smallest absolute Gasteiger partial charge is 0.220 e. The number of nitrogens with one attached hydrogen (secondary N) is 1. The van der Waals surface area contributed by atoms with Gasteiger partial charge in [0.25, 0.3) is 0 Å². The third-order valence-electron chi connectivity index (χ3n) is 3.74. The standard InChI is InChI=1S/C15H18N4O/c1-10-9-14(18-17-10)12-5-3-6-13(16-12)15-7-4-8-19(15)11(2)20/h3,5-6,9,15H,4,7-8H2,1-2H3,(H,17,18)/t15-/m0/s1. The SMILES string of the molecule is CC(=O)N1CCC[C@H]1c1cccc(-c2cc(C)[nH]n2)n1. The van der Waals surface area contributed by atoms with Crippen molar-refractivity contribution in [2.75, 3.05) is 6.54 Å². The zero-order chi connectivity index (χ0) is 14.1. The van der Waals surface area contributed by atoms with E-state index in [1.54, 1.807) is 6.92 Å². The second kappa shape index (κ2) is 5.07. The Kier molecular flexibility index (Phi) is 3.26. The zero-order valence-corrected chi connectivity index (χ0v) is 11.8. The molecule has 0 saturated carbocycles. The molecule has 0 aliphatic carbocycles. The molecular weight excluding hydrogens is 252 g/mol. The van der Waals surface area contributed by atoms with Crippen molar-refractivity contribution in [3.8, 4) is 11.4 Å². The molecule has 1 N–H and O–H groups in total. The fourth-order valence-corrected chi connectivity index (χ4v) is 2.78. The average Bonchev–Trinajstić information content (AvgIpc) is 3.07. The van der Waals surface area contributed by atoms with Crippen molar-refractivity contribution >= 4 is 5.91 Å². The van der Waals surface area contributed by atoms with Gasteiger partial charge >= 0.3 is 0 Å². The molecule has 0 spiro atoms. The van der Waals surface area contributed by atoms with Crippen LogP contribution in [0.15, 0.2) is 24.3 Å². The van der Waals surface area contributed by atoms with Crippen LogP contribution in [0.25, 0.3) is 11.4 Å². The van der Waals surface area contributed by atoms with Gasteiger partial charge in [-0.25, -0.2) is 4.98 Å². The van der Waals surface area contributed by atoms with E-state index in [0.717, 1.165) is 42.2 Å². The molecule has 1 atom stereocenters. The van der Waals surface area contributed by atoms with Crippen molar-refractivity contribution in [3.63, 3.8) is 0 Å². The van der Waals surface area contributed by atoms with Crippen LogP contribution in [-0.2, 0) is 4.79 Å². The van der Waals surface area contributed by atoms with E-state index in [2.05, 4.69) is 10.2 Å². The zero-order valence-electron chi connectivity index (χ0n) is 11.8. The van der Waals surface area contributed by atoms with Crippen molar-refractivity contribution in [3.05, 3.63) is 35.7 Å². The molecule has 5 nitrogen and oxygen atoms in total. The summed E-state index contributed by atoms with van der Waals surface area (Å²) < 4.78 is 0. The summed E-state index contributed by atoms with van der Waals surface area (Å²) in [6.45, 7) is 4.42. The van der Waals surface area contributed by atoms with E-state index >= 15 is 0 Å². The Morgan fingerprint density at radius 2 is 2.25 bits per heavy atom. The van der Waals surface area contributed by atoms with Crippen LogP contribution in [0, 0.1) is 6.92 Å². The number of pyridine rings is 1. The van der Waals surface area contributed by atoms with Crippen LogP contribution in [0.2, 0.25) is 0 Å². The summed E-state index contributed by atoms with van der Waals surface area (Å²) in [6, 6.07) is 8.01. The summed E-state index contributed by atoms with van der Waals surface area (Å²) in [5.41, 5.74) is 3.66. The molecule has 1 aliphatic heterocycles. The fraction of sp³-hybridized carbons (Fsp3) is 0.400. The first-order valence-electron chi connectivity index (χ1n) is 6.91. The number of H-pyrrole nitrogens is 1. The lowest BCUT2D eigenvalue weighted by molar-refractivity contribution is -0.129. The van der Waals surface area contributed by atoms with Crippen molar-refractivity contribution in [2.24, 2.45) is 0 Å². The molecule has 0 radical (unpaired) electrons. The monoisotopic (exact) mass is 270 g/mol. The first-order valence-corrected chi connectivity index (χ1v) is 6.91. The second-order valence-corrected chi connectivity index (χ2v) is 5.25. The summed E-state index contributed by atoms with van der Waals surface area (Å²) in [7, 11) is 0. The predicted octanol–water partition coefficient (Wildman–Crippen LogP) is 2.46. The predicted molar refractivity (Wildman–Crippen MR) is 75.9 cm³/mol. The van der Waals surface area contributed by atoms with Crippen LogP contribution in [0.1, 0.15) is 37.2 Å². The first kappa shape index (κ1) is 12.8. The van der Waals surface area contributed by atoms with Gasteiger partial charge in [-0.15, -0.1) is 0 Å². The lowest BCUT2D eigenvalue weighted by atomic mass is 10.1. The number of hydrogen-bond acceptors (Lipinski definition) is 3. The van der Waals surface area contributed by atoms with E-state index in [1.807, 2.05) is 36.1 Å². The Balaban J connectivity index is 1.93. The molecule has 1 aliphatic rings. The lowest BCUT2D eigenvalue weighted by Crippen LogP contribution is -2.28. The van der Waals surface area contributed by atoms with E-state index in [9.17, 15) is 4.79 Å². The Morgan fingerprint density at radius 3 is 2.95 bits per heavy atom. The van der Waals surface area contributed by atoms with Gasteiger partial charge in [0, 0.05) is 19.2 Å². The van der Waals surface area contributed by atoms with Gasteiger partial charge in [-0.3, -0.25) is 9.89 Å². The molecular formula is C15H18N4O. The number of amides is 1. The number of hydrogen-bond donors (Lipinski definition) is 1. The molecule has 1 amide bonds. The number of aromatic amines is 1. The minimum absolute atomic E-state index is 0.104. The van der Waals surface area contributed by atoms with Crippen molar-refractivity contribution < 1.29 is 4.79 Å². The average molecular weight is 270 g/mol. The number of aryl methyl sites for hydroxylation is 1.